The third-order valence-corrected chi connectivity index (χ3v) is 9.24. The van der Waals surface area contributed by atoms with Gasteiger partial charge in [0.2, 0.25) is 0 Å². The van der Waals surface area contributed by atoms with Gasteiger partial charge in [-0.15, -0.1) is 0 Å². The monoisotopic (exact) mass is 748 g/mol. The highest BCUT2D eigenvalue weighted by Gasteiger charge is 2.17. The Morgan fingerprint density at radius 1 is 0.263 bits per heavy atom. The number of anilines is 6. The van der Waals surface area contributed by atoms with Crippen molar-refractivity contribution in [3.8, 4) is 46.0 Å². The van der Waals surface area contributed by atoms with Gasteiger partial charge in [0.05, 0.1) is 19.9 Å². The van der Waals surface area contributed by atoms with E-state index in [1.807, 2.05) is 176 Å². The van der Waals surface area contributed by atoms with Crippen molar-refractivity contribution >= 4 is 34.1 Å². The predicted octanol–water partition coefficient (Wildman–Crippen LogP) is 14.0. The molecule has 0 heterocycles. The average Bonchev–Trinajstić information content (AvgIpc) is 3.28. The summed E-state index contributed by atoms with van der Waals surface area (Å²) in [5, 5.41) is 0. The van der Waals surface area contributed by atoms with Crippen LogP contribution in [0.1, 0.15) is 0 Å². The molecule has 0 aliphatic rings. The van der Waals surface area contributed by atoms with E-state index in [1.54, 1.807) is 14.2 Å². The van der Waals surface area contributed by atoms with Gasteiger partial charge in [-0.1, -0.05) is 48.5 Å². The van der Waals surface area contributed by atoms with Crippen LogP contribution in [0.2, 0.25) is 0 Å². The summed E-state index contributed by atoms with van der Waals surface area (Å²) < 4.78 is 29.6. The molecule has 0 bridgehead atoms. The summed E-state index contributed by atoms with van der Waals surface area (Å²) in [7, 11) is 3.33. The summed E-state index contributed by atoms with van der Waals surface area (Å²) in [4.78, 5) is 4.36. The Hall–Kier alpha value is -7.64. The molecule has 0 N–H and O–H groups in total. The molecule has 0 aromatic heterocycles. The normalized spacial score (nSPS) is 10.6. The smallest absolute Gasteiger partial charge is 0.151 e. The van der Waals surface area contributed by atoms with Gasteiger partial charge in [-0.3, -0.25) is 0 Å². The standard InChI is InChI=1S/C50H40N2O5/c1-53-42-23-17-39(18-24-42)51(40-19-25-43(54-2)26-20-40)41-21-27-44(28-22-41)55-45-29-31-46(32-30-45)56-47-33-35-48(36-34-47)57-50-16-10-9-15-49(50)52(37-11-5-3-6-12-37)38-13-7-4-8-14-38/h3-36H,1-2H3. The highest BCUT2D eigenvalue weighted by atomic mass is 16.5. The molecule has 0 saturated heterocycles. The minimum atomic E-state index is 0.688. The number of hydrogen-bond acceptors (Lipinski definition) is 7. The number of para-hydroxylation sites is 4. The van der Waals surface area contributed by atoms with E-state index >= 15 is 0 Å². The lowest BCUT2D eigenvalue weighted by molar-refractivity contribution is 0.415. The molecular weight excluding hydrogens is 709 g/mol. The fourth-order valence-electron chi connectivity index (χ4n) is 6.43. The number of hydrogen-bond donors (Lipinski definition) is 0. The van der Waals surface area contributed by atoms with Gasteiger partial charge in [0.25, 0.3) is 0 Å². The molecule has 8 aromatic carbocycles. The van der Waals surface area contributed by atoms with Crippen LogP contribution in [0, 0.1) is 0 Å². The highest BCUT2D eigenvalue weighted by Crippen LogP contribution is 2.42. The van der Waals surface area contributed by atoms with Gasteiger partial charge in [-0.25, -0.2) is 0 Å². The average molecular weight is 749 g/mol. The second kappa shape index (κ2) is 17.2. The van der Waals surface area contributed by atoms with Crippen molar-refractivity contribution in [1.29, 1.82) is 0 Å². The summed E-state index contributed by atoms with van der Waals surface area (Å²) in [6, 6.07) is 67.7. The van der Waals surface area contributed by atoms with E-state index in [9.17, 15) is 0 Å². The molecule has 280 valence electrons. The van der Waals surface area contributed by atoms with Gasteiger partial charge in [0, 0.05) is 28.4 Å². The number of benzene rings is 8. The van der Waals surface area contributed by atoms with E-state index in [0.29, 0.717) is 28.7 Å². The first-order valence-corrected chi connectivity index (χ1v) is 18.5. The number of ether oxygens (including phenoxy) is 5. The first-order valence-electron chi connectivity index (χ1n) is 18.5. The maximum Gasteiger partial charge on any atom is 0.151 e. The van der Waals surface area contributed by atoms with Crippen molar-refractivity contribution in [2.75, 3.05) is 24.0 Å². The first-order chi connectivity index (χ1) is 28.1. The highest BCUT2D eigenvalue weighted by molar-refractivity contribution is 5.80. The molecule has 7 heteroatoms. The Morgan fingerprint density at radius 3 is 0.947 bits per heavy atom. The van der Waals surface area contributed by atoms with Crippen molar-refractivity contribution < 1.29 is 23.7 Å². The molecule has 8 rings (SSSR count). The second-order valence-electron chi connectivity index (χ2n) is 12.9. The summed E-state index contributed by atoms with van der Waals surface area (Å²) in [6.45, 7) is 0. The van der Waals surface area contributed by atoms with Gasteiger partial charge < -0.3 is 33.5 Å². The zero-order valence-electron chi connectivity index (χ0n) is 31.6. The Bertz CT molecular complexity index is 2390. The zero-order chi connectivity index (χ0) is 38.8. The van der Waals surface area contributed by atoms with E-state index in [0.717, 1.165) is 51.4 Å². The fourth-order valence-corrected chi connectivity index (χ4v) is 6.43. The Labute approximate surface area is 333 Å². The summed E-state index contributed by atoms with van der Waals surface area (Å²) in [6.07, 6.45) is 0. The summed E-state index contributed by atoms with van der Waals surface area (Å²) >= 11 is 0. The molecule has 0 unspecified atom stereocenters. The maximum atomic E-state index is 6.47. The number of nitrogens with zero attached hydrogens (tertiary/aromatic N) is 2. The molecule has 0 fully saturated rings. The first kappa shape index (κ1) is 36.3. The van der Waals surface area contributed by atoms with Crippen LogP contribution >= 0.6 is 0 Å². The van der Waals surface area contributed by atoms with Crippen molar-refractivity contribution in [2.45, 2.75) is 0 Å². The van der Waals surface area contributed by atoms with Gasteiger partial charge in [0.1, 0.15) is 40.2 Å². The van der Waals surface area contributed by atoms with Crippen LogP contribution in [0.25, 0.3) is 0 Å². The van der Waals surface area contributed by atoms with Crippen molar-refractivity contribution in [3.05, 3.63) is 206 Å². The van der Waals surface area contributed by atoms with E-state index in [-0.39, 0.29) is 0 Å². The van der Waals surface area contributed by atoms with Crippen LogP contribution < -0.4 is 33.5 Å². The lowest BCUT2D eigenvalue weighted by atomic mass is 10.2. The maximum absolute atomic E-state index is 6.47. The topological polar surface area (TPSA) is 52.6 Å². The van der Waals surface area contributed by atoms with Crippen LogP contribution in [0.3, 0.4) is 0 Å². The third-order valence-electron chi connectivity index (χ3n) is 9.24. The number of methoxy groups -OCH3 is 2. The molecule has 57 heavy (non-hydrogen) atoms. The number of rotatable bonds is 14. The van der Waals surface area contributed by atoms with Crippen LogP contribution in [-0.4, -0.2) is 14.2 Å². The minimum Gasteiger partial charge on any atom is -0.497 e. The largest absolute Gasteiger partial charge is 0.497 e. The van der Waals surface area contributed by atoms with Gasteiger partial charge in [-0.2, -0.15) is 0 Å². The third kappa shape index (κ3) is 8.69. The molecule has 0 aliphatic heterocycles. The molecule has 0 amide bonds. The molecule has 0 spiro atoms. The molecule has 0 aliphatic carbocycles. The Balaban J connectivity index is 0.926. The van der Waals surface area contributed by atoms with Crippen LogP contribution in [-0.2, 0) is 0 Å². The van der Waals surface area contributed by atoms with Crippen LogP contribution in [0.4, 0.5) is 34.1 Å². The van der Waals surface area contributed by atoms with Gasteiger partial charge in [0.15, 0.2) is 5.75 Å². The second-order valence-corrected chi connectivity index (χ2v) is 12.9. The molecule has 7 nitrogen and oxygen atoms in total. The van der Waals surface area contributed by atoms with Crippen LogP contribution in [0.5, 0.6) is 46.0 Å². The Kier molecular flexibility index (Phi) is 11.0. The minimum absolute atomic E-state index is 0.688. The SMILES string of the molecule is COc1ccc(N(c2ccc(OC)cc2)c2ccc(Oc3ccc(Oc4ccc(Oc5ccccc5N(c5ccccc5)c5ccccc5)cc4)cc3)cc2)cc1. The zero-order valence-corrected chi connectivity index (χ0v) is 31.6. The Morgan fingerprint density at radius 2 is 0.561 bits per heavy atom. The molecular formula is C50H40N2O5. The lowest BCUT2D eigenvalue weighted by Gasteiger charge is -2.27. The molecule has 8 aromatic rings. The molecule has 0 radical (unpaired) electrons. The molecule has 0 saturated carbocycles. The van der Waals surface area contributed by atoms with Gasteiger partial charge >= 0.3 is 0 Å². The quantitative estimate of drug-likeness (QED) is 0.110. The predicted molar refractivity (Wildman–Crippen MR) is 228 cm³/mol. The molecule has 0 atom stereocenters. The van der Waals surface area contributed by atoms with Crippen molar-refractivity contribution in [3.63, 3.8) is 0 Å². The van der Waals surface area contributed by atoms with Crippen molar-refractivity contribution in [2.24, 2.45) is 0 Å². The summed E-state index contributed by atoms with van der Waals surface area (Å²) in [5.74, 6) is 5.80. The summed E-state index contributed by atoms with van der Waals surface area (Å²) in [5.41, 5.74) is 5.96. The lowest BCUT2D eigenvalue weighted by Crippen LogP contribution is -2.10. The van der Waals surface area contributed by atoms with E-state index in [4.69, 9.17) is 23.7 Å². The van der Waals surface area contributed by atoms with Gasteiger partial charge in [-0.05, 0) is 158 Å². The fraction of sp³-hybridized carbons (Fsp3) is 0.0400. The van der Waals surface area contributed by atoms with E-state index in [1.165, 1.54) is 0 Å². The van der Waals surface area contributed by atoms with Crippen LogP contribution in [0.15, 0.2) is 206 Å². The van der Waals surface area contributed by atoms with E-state index < -0.39 is 0 Å². The van der Waals surface area contributed by atoms with E-state index in [2.05, 4.69) is 40.1 Å². The van der Waals surface area contributed by atoms with Crippen molar-refractivity contribution in [1.82, 2.24) is 0 Å².